The molecule has 0 aliphatic heterocycles. The third-order valence-electron chi connectivity index (χ3n) is 2.58. The molecule has 1 unspecified atom stereocenters. The van der Waals surface area contributed by atoms with Gasteiger partial charge in [-0.05, 0) is 31.7 Å². The van der Waals surface area contributed by atoms with Gasteiger partial charge in [-0.2, -0.15) is 0 Å². The van der Waals surface area contributed by atoms with Crippen molar-refractivity contribution in [1.82, 2.24) is 0 Å². The first-order valence-electron chi connectivity index (χ1n) is 4.97. The van der Waals surface area contributed by atoms with E-state index >= 15 is 0 Å². The summed E-state index contributed by atoms with van der Waals surface area (Å²) in [6.45, 7) is 6.37. The Morgan fingerprint density at radius 1 is 1.23 bits per heavy atom. The molecule has 0 aliphatic rings. The molecule has 0 amide bonds. The highest BCUT2D eigenvalue weighted by Gasteiger charge is 2.12. The summed E-state index contributed by atoms with van der Waals surface area (Å²) in [5.74, 6) is 0.501. The van der Waals surface area contributed by atoms with Crippen LogP contribution in [-0.4, -0.2) is 6.04 Å². The Balaban J connectivity index is 2.86. The molecule has 0 saturated carbocycles. The highest BCUT2D eigenvalue weighted by atomic mass is 14.6. The molecule has 1 heteroatoms. The average molecular weight is 177 g/mol. The molecule has 2 atom stereocenters. The molecule has 0 heterocycles. The van der Waals surface area contributed by atoms with E-state index in [0.717, 1.165) is 6.42 Å². The number of rotatable bonds is 3. The minimum atomic E-state index is 0.243. The summed E-state index contributed by atoms with van der Waals surface area (Å²) in [6.07, 6.45) is 1.11. The second-order valence-electron chi connectivity index (χ2n) is 3.78. The van der Waals surface area contributed by atoms with Crippen molar-refractivity contribution >= 4 is 0 Å². The van der Waals surface area contributed by atoms with Gasteiger partial charge in [0, 0.05) is 6.04 Å². The third-order valence-corrected chi connectivity index (χ3v) is 2.58. The van der Waals surface area contributed by atoms with E-state index in [1.54, 1.807) is 0 Å². The van der Waals surface area contributed by atoms with Gasteiger partial charge in [-0.1, -0.05) is 36.8 Å². The maximum atomic E-state index is 5.92. The van der Waals surface area contributed by atoms with Crippen LogP contribution in [0.4, 0.5) is 0 Å². The Morgan fingerprint density at radius 2 is 1.77 bits per heavy atom. The lowest BCUT2D eigenvalue weighted by molar-refractivity contribution is 0.552. The molecular formula is C12H19N. The summed E-state index contributed by atoms with van der Waals surface area (Å²) in [7, 11) is 0. The molecule has 0 aliphatic carbocycles. The molecule has 1 aromatic rings. The Morgan fingerprint density at radius 3 is 2.15 bits per heavy atom. The Hall–Kier alpha value is -0.820. The van der Waals surface area contributed by atoms with Gasteiger partial charge in [0.05, 0.1) is 0 Å². The van der Waals surface area contributed by atoms with E-state index in [1.165, 1.54) is 11.1 Å². The Bertz CT molecular complexity index is 248. The van der Waals surface area contributed by atoms with Crippen molar-refractivity contribution in [2.24, 2.45) is 5.73 Å². The summed E-state index contributed by atoms with van der Waals surface area (Å²) in [6, 6.07) is 8.92. The van der Waals surface area contributed by atoms with Crippen molar-refractivity contribution in [2.75, 3.05) is 0 Å². The van der Waals surface area contributed by atoms with Crippen LogP contribution in [0, 0.1) is 6.92 Å². The minimum absolute atomic E-state index is 0.243. The van der Waals surface area contributed by atoms with Gasteiger partial charge in [-0.25, -0.2) is 0 Å². The molecule has 0 bridgehead atoms. The fraction of sp³-hybridized carbons (Fsp3) is 0.500. The zero-order valence-corrected chi connectivity index (χ0v) is 8.75. The molecule has 0 saturated heterocycles. The number of nitrogens with two attached hydrogens (primary N) is 1. The van der Waals surface area contributed by atoms with E-state index in [0.29, 0.717) is 5.92 Å². The SMILES string of the molecule is CCC(c1ccc(C)cc1)[C@@H](C)N. The van der Waals surface area contributed by atoms with E-state index in [4.69, 9.17) is 5.73 Å². The van der Waals surface area contributed by atoms with Gasteiger partial charge in [-0.3, -0.25) is 0 Å². The minimum Gasteiger partial charge on any atom is -0.327 e. The summed E-state index contributed by atoms with van der Waals surface area (Å²) in [4.78, 5) is 0. The van der Waals surface area contributed by atoms with Gasteiger partial charge in [0.1, 0.15) is 0 Å². The van der Waals surface area contributed by atoms with Crippen LogP contribution in [0.25, 0.3) is 0 Å². The number of hydrogen-bond donors (Lipinski definition) is 1. The van der Waals surface area contributed by atoms with E-state index in [2.05, 4.69) is 45.0 Å². The standard InChI is InChI=1S/C12H19N/c1-4-12(10(3)13)11-7-5-9(2)6-8-11/h5-8,10,12H,4,13H2,1-3H3/t10-,12?/m1/s1. The summed E-state index contributed by atoms with van der Waals surface area (Å²) < 4.78 is 0. The van der Waals surface area contributed by atoms with Gasteiger partial charge in [0.25, 0.3) is 0 Å². The van der Waals surface area contributed by atoms with E-state index in [1.807, 2.05) is 0 Å². The molecule has 0 fully saturated rings. The average Bonchev–Trinajstić information content (AvgIpc) is 2.09. The first-order valence-corrected chi connectivity index (χ1v) is 4.97. The lowest BCUT2D eigenvalue weighted by Gasteiger charge is -2.19. The van der Waals surface area contributed by atoms with Crippen LogP contribution in [0.1, 0.15) is 37.3 Å². The first kappa shape index (κ1) is 10.3. The van der Waals surface area contributed by atoms with E-state index in [9.17, 15) is 0 Å². The fourth-order valence-electron chi connectivity index (χ4n) is 1.72. The van der Waals surface area contributed by atoms with Gasteiger partial charge in [0.15, 0.2) is 0 Å². The van der Waals surface area contributed by atoms with Crippen molar-refractivity contribution in [1.29, 1.82) is 0 Å². The van der Waals surface area contributed by atoms with Crippen LogP contribution in [0.3, 0.4) is 0 Å². The third kappa shape index (κ3) is 2.56. The molecule has 1 aromatic carbocycles. The van der Waals surface area contributed by atoms with Crippen molar-refractivity contribution in [3.63, 3.8) is 0 Å². The predicted octanol–water partition coefficient (Wildman–Crippen LogP) is 2.84. The highest BCUT2D eigenvalue weighted by molar-refractivity contribution is 5.25. The highest BCUT2D eigenvalue weighted by Crippen LogP contribution is 2.22. The zero-order chi connectivity index (χ0) is 9.84. The summed E-state index contributed by atoms with van der Waals surface area (Å²) in [5.41, 5.74) is 8.59. The number of hydrogen-bond acceptors (Lipinski definition) is 1. The quantitative estimate of drug-likeness (QED) is 0.755. The molecule has 13 heavy (non-hydrogen) atoms. The largest absolute Gasteiger partial charge is 0.327 e. The van der Waals surface area contributed by atoms with Crippen LogP contribution in [0.5, 0.6) is 0 Å². The van der Waals surface area contributed by atoms with E-state index in [-0.39, 0.29) is 6.04 Å². The molecule has 1 nitrogen and oxygen atoms in total. The van der Waals surface area contributed by atoms with Gasteiger partial charge < -0.3 is 5.73 Å². The Labute approximate surface area is 81.0 Å². The topological polar surface area (TPSA) is 26.0 Å². The first-order chi connectivity index (χ1) is 6.15. The molecule has 0 aromatic heterocycles. The smallest absolute Gasteiger partial charge is 0.00792 e. The second-order valence-corrected chi connectivity index (χ2v) is 3.78. The lowest BCUT2D eigenvalue weighted by atomic mass is 9.90. The number of aryl methyl sites for hydroxylation is 1. The van der Waals surface area contributed by atoms with Crippen LogP contribution >= 0.6 is 0 Å². The number of benzene rings is 1. The predicted molar refractivity (Wildman–Crippen MR) is 57.9 cm³/mol. The monoisotopic (exact) mass is 177 g/mol. The van der Waals surface area contributed by atoms with E-state index < -0.39 is 0 Å². The van der Waals surface area contributed by atoms with Crippen LogP contribution in [0.2, 0.25) is 0 Å². The van der Waals surface area contributed by atoms with Crippen LogP contribution < -0.4 is 5.73 Å². The zero-order valence-electron chi connectivity index (χ0n) is 8.75. The van der Waals surface area contributed by atoms with Crippen LogP contribution in [-0.2, 0) is 0 Å². The van der Waals surface area contributed by atoms with Crippen molar-refractivity contribution in [2.45, 2.75) is 39.2 Å². The summed E-state index contributed by atoms with van der Waals surface area (Å²) >= 11 is 0. The Kier molecular flexibility index (Phi) is 3.49. The van der Waals surface area contributed by atoms with Gasteiger partial charge in [0.2, 0.25) is 0 Å². The van der Waals surface area contributed by atoms with Crippen molar-refractivity contribution < 1.29 is 0 Å². The van der Waals surface area contributed by atoms with Gasteiger partial charge in [-0.15, -0.1) is 0 Å². The fourth-order valence-corrected chi connectivity index (χ4v) is 1.72. The maximum Gasteiger partial charge on any atom is 0.00792 e. The molecule has 0 spiro atoms. The van der Waals surface area contributed by atoms with Crippen molar-refractivity contribution in [3.05, 3.63) is 35.4 Å². The lowest BCUT2D eigenvalue weighted by Crippen LogP contribution is -2.24. The molecule has 0 radical (unpaired) electrons. The molecule has 2 N–H and O–H groups in total. The van der Waals surface area contributed by atoms with Gasteiger partial charge >= 0.3 is 0 Å². The molecular weight excluding hydrogens is 158 g/mol. The van der Waals surface area contributed by atoms with Crippen molar-refractivity contribution in [3.8, 4) is 0 Å². The summed E-state index contributed by atoms with van der Waals surface area (Å²) in [5, 5.41) is 0. The molecule has 1 rings (SSSR count). The second kappa shape index (κ2) is 4.43. The molecule has 72 valence electrons. The maximum absolute atomic E-state index is 5.92. The van der Waals surface area contributed by atoms with Crippen LogP contribution in [0.15, 0.2) is 24.3 Å². The normalized spacial score (nSPS) is 15.4.